The lowest BCUT2D eigenvalue weighted by Gasteiger charge is -2.17. The molecule has 0 aliphatic carbocycles. The molecule has 2 N–H and O–H groups in total. The number of hydrazone groups is 1. The van der Waals surface area contributed by atoms with Gasteiger partial charge in [-0.15, -0.1) is 0 Å². The van der Waals surface area contributed by atoms with Crippen LogP contribution in [0.2, 0.25) is 0 Å². The Hall–Kier alpha value is -1.69. The summed E-state index contributed by atoms with van der Waals surface area (Å²) < 4.78 is 0. The van der Waals surface area contributed by atoms with Gasteiger partial charge in [-0.3, -0.25) is 14.5 Å². The second-order valence-electron chi connectivity index (χ2n) is 6.15. The Kier molecular flexibility index (Phi) is 6.12. The van der Waals surface area contributed by atoms with Gasteiger partial charge in [-0.25, -0.2) is 5.43 Å². The fraction of sp³-hybridized carbons (Fsp3) is 0.688. The minimum Gasteiger partial charge on any atom is -0.351 e. The maximum absolute atomic E-state index is 12.0. The molecule has 1 fully saturated rings. The van der Waals surface area contributed by atoms with Crippen LogP contribution >= 0.6 is 0 Å². The van der Waals surface area contributed by atoms with Gasteiger partial charge in [0.1, 0.15) is 5.71 Å². The largest absolute Gasteiger partial charge is 0.351 e. The van der Waals surface area contributed by atoms with Crippen molar-refractivity contribution in [2.45, 2.75) is 39.5 Å². The molecule has 0 radical (unpaired) electrons. The quantitative estimate of drug-likeness (QED) is 0.720. The molecule has 0 aromatic rings. The van der Waals surface area contributed by atoms with Crippen LogP contribution < -0.4 is 10.7 Å². The van der Waals surface area contributed by atoms with E-state index in [1.54, 1.807) is 0 Å². The van der Waals surface area contributed by atoms with Gasteiger partial charge in [0.15, 0.2) is 0 Å². The highest BCUT2D eigenvalue weighted by Crippen LogP contribution is 2.16. The molecule has 0 aromatic heterocycles. The summed E-state index contributed by atoms with van der Waals surface area (Å²) in [5.74, 6) is 0.219. The first kappa shape index (κ1) is 16.7. The Bertz CT molecular complexity index is 485. The Morgan fingerprint density at radius 3 is 3.00 bits per heavy atom. The van der Waals surface area contributed by atoms with Gasteiger partial charge in [-0.1, -0.05) is 18.6 Å². The van der Waals surface area contributed by atoms with Crippen LogP contribution in [-0.4, -0.2) is 48.6 Å². The smallest absolute Gasteiger partial charge is 0.267 e. The van der Waals surface area contributed by atoms with Gasteiger partial charge in [-0.2, -0.15) is 5.10 Å². The molecule has 2 aliphatic rings. The highest BCUT2D eigenvalue weighted by atomic mass is 16.2. The summed E-state index contributed by atoms with van der Waals surface area (Å²) in [6.07, 6.45) is 5.23. The summed E-state index contributed by atoms with van der Waals surface area (Å²) in [4.78, 5) is 25.4. The first-order chi connectivity index (χ1) is 10.6. The molecule has 22 heavy (non-hydrogen) atoms. The first-order valence-corrected chi connectivity index (χ1v) is 8.10. The zero-order valence-electron chi connectivity index (χ0n) is 13.5. The van der Waals surface area contributed by atoms with Crippen LogP contribution in [0.4, 0.5) is 0 Å². The monoisotopic (exact) mass is 306 g/mol. The molecule has 122 valence electrons. The van der Waals surface area contributed by atoms with E-state index in [1.165, 1.54) is 5.57 Å². The van der Waals surface area contributed by atoms with Crippen molar-refractivity contribution >= 4 is 17.5 Å². The zero-order valence-corrected chi connectivity index (χ0v) is 13.5. The summed E-state index contributed by atoms with van der Waals surface area (Å²) in [7, 11) is 0. The number of allylic oxidation sites excluding steroid dienone is 1. The number of nitrogens with one attached hydrogen (secondary N) is 2. The van der Waals surface area contributed by atoms with Crippen molar-refractivity contribution in [3.8, 4) is 0 Å². The van der Waals surface area contributed by atoms with Crippen molar-refractivity contribution in [1.29, 1.82) is 0 Å². The third kappa shape index (κ3) is 4.94. The number of likely N-dealkylation sites (tertiary alicyclic amines) is 1. The van der Waals surface area contributed by atoms with E-state index in [0.29, 0.717) is 31.0 Å². The van der Waals surface area contributed by atoms with Crippen molar-refractivity contribution in [1.82, 2.24) is 15.6 Å². The lowest BCUT2D eigenvalue weighted by Crippen LogP contribution is -2.39. The molecule has 0 saturated carbocycles. The number of amides is 2. The van der Waals surface area contributed by atoms with Gasteiger partial charge in [0.05, 0.1) is 0 Å². The molecule has 6 nitrogen and oxygen atoms in total. The van der Waals surface area contributed by atoms with Crippen molar-refractivity contribution in [3.05, 3.63) is 11.6 Å². The lowest BCUT2D eigenvalue weighted by atomic mass is 10.1. The highest BCUT2D eigenvalue weighted by Gasteiger charge is 2.24. The van der Waals surface area contributed by atoms with E-state index in [2.05, 4.69) is 40.7 Å². The molecule has 1 atom stereocenters. The second kappa shape index (κ2) is 8.08. The van der Waals surface area contributed by atoms with E-state index in [1.807, 2.05) is 0 Å². The van der Waals surface area contributed by atoms with Crippen LogP contribution in [0.1, 0.15) is 39.5 Å². The molecule has 2 heterocycles. The zero-order chi connectivity index (χ0) is 15.9. The minimum atomic E-state index is -0.152. The van der Waals surface area contributed by atoms with Gasteiger partial charge in [0.2, 0.25) is 5.91 Å². The van der Waals surface area contributed by atoms with E-state index in [4.69, 9.17) is 0 Å². The normalized spacial score (nSPS) is 23.2. The second-order valence-corrected chi connectivity index (χ2v) is 6.15. The van der Waals surface area contributed by atoms with Crippen LogP contribution in [0.25, 0.3) is 0 Å². The van der Waals surface area contributed by atoms with Crippen LogP contribution in [-0.2, 0) is 9.59 Å². The molecule has 2 aliphatic heterocycles. The Morgan fingerprint density at radius 1 is 1.50 bits per heavy atom. The van der Waals surface area contributed by atoms with E-state index >= 15 is 0 Å². The molecule has 1 unspecified atom stereocenters. The molecule has 2 amide bonds. The fourth-order valence-electron chi connectivity index (χ4n) is 2.97. The summed E-state index contributed by atoms with van der Waals surface area (Å²) in [5, 5.41) is 6.76. The van der Waals surface area contributed by atoms with Crippen molar-refractivity contribution in [2.24, 2.45) is 11.0 Å². The van der Waals surface area contributed by atoms with Gasteiger partial charge < -0.3 is 5.32 Å². The fourth-order valence-corrected chi connectivity index (χ4v) is 2.97. The van der Waals surface area contributed by atoms with Crippen molar-refractivity contribution in [3.63, 3.8) is 0 Å². The van der Waals surface area contributed by atoms with Crippen molar-refractivity contribution in [2.75, 3.05) is 26.2 Å². The highest BCUT2D eigenvalue weighted by molar-refractivity contribution is 6.39. The molecular formula is C16H26N4O2. The lowest BCUT2D eigenvalue weighted by molar-refractivity contribution is -0.121. The summed E-state index contributed by atoms with van der Waals surface area (Å²) in [5.41, 5.74) is 4.20. The van der Waals surface area contributed by atoms with Gasteiger partial charge >= 0.3 is 0 Å². The third-order valence-electron chi connectivity index (χ3n) is 4.11. The summed E-state index contributed by atoms with van der Waals surface area (Å²) >= 11 is 0. The van der Waals surface area contributed by atoms with Crippen LogP contribution in [0.3, 0.4) is 0 Å². The topological polar surface area (TPSA) is 73.8 Å². The molecule has 0 bridgehead atoms. The van der Waals surface area contributed by atoms with Gasteiger partial charge in [0.25, 0.3) is 5.91 Å². The molecule has 1 saturated heterocycles. The predicted octanol–water partition coefficient (Wildman–Crippen LogP) is 1.05. The number of carbonyl (C=O) groups is 2. The Labute approximate surface area is 132 Å². The number of nitrogens with zero attached hydrogens (tertiary/aromatic N) is 2. The SMILES string of the molecule is CC/C=C(\C)CN1CCC(CNC(=O)C2=NNC(=O)CC2)C1. The Morgan fingerprint density at radius 2 is 2.32 bits per heavy atom. The summed E-state index contributed by atoms with van der Waals surface area (Å²) in [6.45, 7) is 8.15. The maximum Gasteiger partial charge on any atom is 0.267 e. The van der Waals surface area contributed by atoms with E-state index < -0.39 is 0 Å². The average molecular weight is 306 g/mol. The molecule has 0 spiro atoms. The van der Waals surface area contributed by atoms with E-state index in [9.17, 15) is 9.59 Å². The third-order valence-corrected chi connectivity index (χ3v) is 4.11. The Balaban J connectivity index is 1.71. The van der Waals surface area contributed by atoms with E-state index in [-0.39, 0.29) is 11.8 Å². The molecular weight excluding hydrogens is 280 g/mol. The molecule has 6 heteroatoms. The minimum absolute atomic E-state index is 0.126. The van der Waals surface area contributed by atoms with Crippen LogP contribution in [0.15, 0.2) is 16.8 Å². The summed E-state index contributed by atoms with van der Waals surface area (Å²) in [6, 6.07) is 0. The number of carbonyl (C=O) groups excluding carboxylic acids is 2. The van der Waals surface area contributed by atoms with E-state index in [0.717, 1.165) is 32.5 Å². The maximum atomic E-state index is 12.0. The van der Waals surface area contributed by atoms with Crippen LogP contribution in [0.5, 0.6) is 0 Å². The van der Waals surface area contributed by atoms with Gasteiger partial charge in [-0.05, 0) is 32.2 Å². The average Bonchev–Trinajstić information content (AvgIpc) is 2.93. The van der Waals surface area contributed by atoms with Gasteiger partial charge in [0, 0.05) is 32.5 Å². The standard InChI is InChI=1S/C16H26N4O2/c1-3-4-12(2)10-20-8-7-13(11-20)9-17-16(22)14-5-6-15(21)19-18-14/h4,13H,3,5-11H2,1-2H3,(H,17,22)(H,19,21)/b12-4+. The predicted molar refractivity (Wildman–Crippen MR) is 86.4 cm³/mol. The van der Waals surface area contributed by atoms with Crippen LogP contribution in [0, 0.1) is 5.92 Å². The first-order valence-electron chi connectivity index (χ1n) is 8.10. The number of rotatable bonds is 6. The number of hydrogen-bond donors (Lipinski definition) is 2. The molecule has 2 rings (SSSR count). The number of hydrogen-bond acceptors (Lipinski definition) is 4. The van der Waals surface area contributed by atoms with Crippen molar-refractivity contribution < 1.29 is 9.59 Å². The molecule has 0 aromatic carbocycles.